The van der Waals surface area contributed by atoms with Crippen molar-refractivity contribution in [3.05, 3.63) is 70.8 Å². The number of benzene rings is 2. The van der Waals surface area contributed by atoms with Crippen molar-refractivity contribution in [2.75, 3.05) is 26.2 Å². The molecule has 2 aromatic carbocycles. The molecule has 0 N–H and O–H groups in total. The second-order valence-electron chi connectivity index (χ2n) is 8.75. The Bertz CT molecular complexity index is 842. The first-order valence-electron chi connectivity index (χ1n) is 10.8. The summed E-state index contributed by atoms with van der Waals surface area (Å²) >= 11 is 0. The van der Waals surface area contributed by atoms with Crippen molar-refractivity contribution >= 4 is 5.78 Å². The molecule has 0 amide bonds. The van der Waals surface area contributed by atoms with Gasteiger partial charge < -0.3 is 9.47 Å². The third-order valence-corrected chi connectivity index (χ3v) is 6.62. The summed E-state index contributed by atoms with van der Waals surface area (Å²) in [6.45, 7) is 4.99. The van der Waals surface area contributed by atoms with Gasteiger partial charge in [0.1, 0.15) is 5.78 Å². The predicted octanol–water partition coefficient (Wildman–Crippen LogP) is 3.88. The molecule has 0 spiro atoms. The number of carbonyl (C=O) groups is 1. The summed E-state index contributed by atoms with van der Waals surface area (Å²) < 4.78 is 12.5. The Balaban J connectivity index is 1.36. The number of carbonyl (C=O) groups excluding carboxylic acids is 1. The zero-order valence-electron chi connectivity index (χ0n) is 17.0. The van der Waals surface area contributed by atoms with Crippen molar-refractivity contribution in [2.24, 2.45) is 0 Å². The van der Waals surface area contributed by atoms with Gasteiger partial charge in [-0.3, -0.25) is 9.69 Å². The van der Waals surface area contributed by atoms with Crippen LogP contribution in [0.2, 0.25) is 0 Å². The van der Waals surface area contributed by atoms with Crippen LogP contribution in [0.25, 0.3) is 0 Å². The lowest BCUT2D eigenvalue weighted by molar-refractivity contribution is -0.122. The molecule has 4 nitrogen and oxygen atoms in total. The van der Waals surface area contributed by atoms with Gasteiger partial charge in [-0.2, -0.15) is 0 Å². The SMILES string of the molecule is CC(=O)CC1CN(CC2CC3c4ccccc4Cc4ccccc4C3O2)CCO1. The fourth-order valence-electron chi connectivity index (χ4n) is 5.38. The number of hydrogen-bond acceptors (Lipinski definition) is 4. The molecule has 2 aromatic rings. The van der Waals surface area contributed by atoms with Crippen LogP contribution in [-0.4, -0.2) is 49.1 Å². The number of nitrogens with zero attached hydrogens (tertiary/aromatic N) is 1. The molecule has 152 valence electrons. The van der Waals surface area contributed by atoms with Crippen LogP contribution < -0.4 is 0 Å². The summed E-state index contributed by atoms with van der Waals surface area (Å²) in [5, 5.41) is 0. The third kappa shape index (κ3) is 3.89. The molecule has 1 aliphatic carbocycles. The van der Waals surface area contributed by atoms with E-state index in [4.69, 9.17) is 9.47 Å². The maximum atomic E-state index is 11.5. The van der Waals surface area contributed by atoms with E-state index in [2.05, 4.69) is 53.4 Å². The van der Waals surface area contributed by atoms with Gasteiger partial charge in [-0.05, 0) is 42.0 Å². The Kier molecular flexibility index (Phi) is 5.25. The molecular formula is C25H29NO3. The lowest BCUT2D eigenvalue weighted by atomic mass is 9.87. The lowest BCUT2D eigenvalue weighted by Crippen LogP contribution is -2.46. The zero-order valence-corrected chi connectivity index (χ0v) is 17.0. The molecule has 0 bridgehead atoms. The van der Waals surface area contributed by atoms with Gasteiger partial charge in [0.25, 0.3) is 0 Å². The molecule has 2 saturated heterocycles. The molecule has 0 radical (unpaired) electrons. The number of Topliss-reactive ketones (excluding diaryl/α,β-unsaturated/α-hetero) is 1. The van der Waals surface area contributed by atoms with Crippen molar-refractivity contribution in [1.82, 2.24) is 4.90 Å². The highest BCUT2D eigenvalue weighted by molar-refractivity contribution is 5.76. The summed E-state index contributed by atoms with van der Waals surface area (Å²) in [4.78, 5) is 13.9. The third-order valence-electron chi connectivity index (χ3n) is 6.62. The van der Waals surface area contributed by atoms with Gasteiger partial charge in [-0.25, -0.2) is 0 Å². The second-order valence-corrected chi connectivity index (χ2v) is 8.75. The van der Waals surface area contributed by atoms with Crippen LogP contribution in [0.3, 0.4) is 0 Å². The van der Waals surface area contributed by atoms with Gasteiger partial charge in [0.15, 0.2) is 0 Å². The van der Waals surface area contributed by atoms with Gasteiger partial charge in [0.2, 0.25) is 0 Å². The highest BCUT2D eigenvalue weighted by atomic mass is 16.5. The number of ketones is 1. The first-order chi connectivity index (χ1) is 14.2. The minimum absolute atomic E-state index is 0.0228. The van der Waals surface area contributed by atoms with Crippen LogP contribution in [0.5, 0.6) is 0 Å². The normalized spacial score (nSPS) is 28.9. The number of hydrogen-bond donors (Lipinski definition) is 0. The van der Waals surface area contributed by atoms with Gasteiger partial charge in [0.05, 0.1) is 24.9 Å². The number of ether oxygens (including phenoxy) is 2. The smallest absolute Gasteiger partial charge is 0.132 e. The van der Waals surface area contributed by atoms with E-state index < -0.39 is 0 Å². The topological polar surface area (TPSA) is 38.8 Å². The highest BCUT2D eigenvalue weighted by Crippen LogP contribution is 2.49. The summed E-state index contributed by atoms with van der Waals surface area (Å²) in [6, 6.07) is 17.6. The first kappa shape index (κ1) is 19.0. The van der Waals surface area contributed by atoms with Crippen LogP contribution in [0.15, 0.2) is 48.5 Å². The molecule has 2 heterocycles. The predicted molar refractivity (Wildman–Crippen MR) is 112 cm³/mol. The van der Waals surface area contributed by atoms with Crippen molar-refractivity contribution < 1.29 is 14.3 Å². The Morgan fingerprint density at radius 1 is 1.03 bits per heavy atom. The van der Waals surface area contributed by atoms with Gasteiger partial charge in [0, 0.05) is 32.0 Å². The van der Waals surface area contributed by atoms with E-state index in [-0.39, 0.29) is 24.1 Å². The molecule has 5 rings (SSSR count). The maximum Gasteiger partial charge on any atom is 0.132 e. The summed E-state index contributed by atoms with van der Waals surface area (Å²) in [7, 11) is 0. The van der Waals surface area contributed by atoms with Gasteiger partial charge in [-0.15, -0.1) is 0 Å². The van der Waals surface area contributed by atoms with Crippen LogP contribution in [-0.2, 0) is 20.7 Å². The Hall–Kier alpha value is -2.01. The van der Waals surface area contributed by atoms with E-state index in [0.717, 1.165) is 32.5 Å². The Morgan fingerprint density at radius 3 is 2.55 bits per heavy atom. The maximum absolute atomic E-state index is 11.5. The van der Waals surface area contributed by atoms with E-state index in [1.165, 1.54) is 22.3 Å². The van der Waals surface area contributed by atoms with Crippen LogP contribution in [0.4, 0.5) is 0 Å². The molecule has 0 aromatic heterocycles. The minimum Gasteiger partial charge on any atom is -0.375 e. The molecule has 2 aliphatic heterocycles. The van der Waals surface area contributed by atoms with E-state index in [1.807, 2.05) is 0 Å². The van der Waals surface area contributed by atoms with Crippen molar-refractivity contribution in [2.45, 2.75) is 50.4 Å². The summed E-state index contributed by atoms with van der Waals surface area (Å²) in [5.41, 5.74) is 5.63. The fourth-order valence-corrected chi connectivity index (χ4v) is 5.38. The molecule has 4 heteroatoms. The van der Waals surface area contributed by atoms with E-state index >= 15 is 0 Å². The standard InChI is InChI=1S/C25H29NO3/c1-17(27)12-20-15-26(10-11-28-20)16-21-14-24-22-8-4-2-6-18(22)13-19-7-3-5-9-23(19)25(24)29-21/h2-9,20-21,24-25H,10-16H2,1H3. The van der Waals surface area contributed by atoms with Crippen molar-refractivity contribution in [1.29, 1.82) is 0 Å². The minimum atomic E-state index is 0.0228. The zero-order chi connectivity index (χ0) is 19.8. The molecule has 2 fully saturated rings. The molecule has 4 unspecified atom stereocenters. The summed E-state index contributed by atoms with van der Waals surface area (Å²) in [6.07, 6.45) is 2.91. The van der Waals surface area contributed by atoms with Crippen molar-refractivity contribution in [3.63, 3.8) is 0 Å². The lowest BCUT2D eigenvalue weighted by Gasteiger charge is -2.34. The van der Waals surface area contributed by atoms with Crippen LogP contribution in [0.1, 0.15) is 54.0 Å². The van der Waals surface area contributed by atoms with Gasteiger partial charge in [-0.1, -0.05) is 48.5 Å². The second kappa shape index (κ2) is 8.02. The highest BCUT2D eigenvalue weighted by Gasteiger charge is 2.41. The number of rotatable bonds is 4. The van der Waals surface area contributed by atoms with Gasteiger partial charge >= 0.3 is 0 Å². The average molecular weight is 392 g/mol. The largest absolute Gasteiger partial charge is 0.375 e. The van der Waals surface area contributed by atoms with E-state index in [9.17, 15) is 4.79 Å². The van der Waals surface area contributed by atoms with Crippen LogP contribution in [0, 0.1) is 0 Å². The van der Waals surface area contributed by atoms with E-state index in [0.29, 0.717) is 18.9 Å². The average Bonchev–Trinajstić information content (AvgIpc) is 3.06. The molecule has 29 heavy (non-hydrogen) atoms. The Morgan fingerprint density at radius 2 is 1.76 bits per heavy atom. The summed E-state index contributed by atoms with van der Waals surface area (Å²) in [5.74, 6) is 0.610. The van der Waals surface area contributed by atoms with Crippen molar-refractivity contribution in [3.8, 4) is 0 Å². The first-order valence-corrected chi connectivity index (χ1v) is 10.8. The molecule has 4 atom stereocenters. The number of fused-ring (bicyclic) bond motifs is 5. The fraction of sp³-hybridized carbons (Fsp3) is 0.480. The molecular weight excluding hydrogens is 362 g/mol. The van der Waals surface area contributed by atoms with E-state index in [1.54, 1.807) is 6.92 Å². The quantitative estimate of drug-likeness (QED) is 0.793. The monoisotopic (exact) mass is 391 g/mol. The molecule has 3 aliphatic rings. The van der Waals surface area contributed by atoms with Crippen LogP contribution >= 0.6 is 0 Å². The Labute approximate surface area is 172 Å². The number of morpholine rings is 1. The molecule has 0 saturated carbocycles.